The number of thiophene rings is 1. The highest BCUT2D eigenvalue weighted by Crippen LogP contribution is 2.20. The van der Waals surface area contributed by atoms with Crippen molar-refractivity contribution < 1.29 is 4.79 Å². The van der Waals surface area contributed by atoms with Gasteiger partial charge in [-0.15, -0.1) is 11.3 Å². The van der Waals surface area contributed by atoms with Crippen LogP contribution in [0, 0.1) is 0 Å². The second-order valence-electron chi connectivity index (χ2n) is 4.15. The molecule has 1 amide bonds. The zero-order valence-electron chi connectivity index (χ0n) is 10.6. The summed E-state index contributed by atoms with van der Waals surface area (Å²) in [7, 11) is 2.02. The summed E-state index contributed by atoms with van der Waals surface area (Å²) in [5, 5.41) is 4.77. The van der Waals surface area contributed by atoms with E-state index in [2.05, 4.69) is 38.3 Å². The Labute approximate surface area is 125 Å². The number of anilines is 1. The monoisotopic (exact) mass is 338 g/mol. The van der Waals surface area contributed by atoms with E-state index < -0.39 is 0 Å². The molecule has 19 heavy (non-hydrogen) atoms. The minimum absolute atomic E-state index is 0.0246. The highest BCUT2D eigenvalue weighted by molar-refractivity contribution is 9.11. The van der Waals surface area contributed by atoms with Crippen molar-refractivity contribution in [3.63, 3.8) is 0 Å². The molecule has 0 atom stereocenters. The molecule has 0 unspecified atom stereocenters. The number of nitrogens with one attached hydrogen (secondary N) is 1. The molecule has 1 aromatic carbocycles. The summed E-state index contributed by atoms with van der Waals surface area (Å²) in [5.74, 6) is -0.0246. The lowest BCUT2D eigenvalue weighted by Crippen LogP contribution is -2.32. The number of amides is 1. The number of halogens is 1. The van der Waals surface area contributed by atoms with Crippen LogP contribution in [0.2, 0.25) is 0 Å². The van der Waals surface area contributed by atoms with E-state index in [9.17, 15) is 4.79 Å². The van der Waals surface area contributed by atoms with E-state index in [1.807, 2.05) is 36.7 Å². The van der Waals surface area contributed by atoms with Crippen molar-refractivity contribution in [3.05, 3.63) is 51.1 Å². The molecule has 2 aromatic rings. The topological polar surface area (TPSA) is 32.3 Å². The van der Waals surface area contributed by atoms with E-state index in [0.29, 0.717) is 12.1 Å². The first kappa shape index (κ1) is 14.1. The molecule has 3 nitrogen and oxygen atoms in total. The molecule has 0 fully saturated rings. The van der Waals surface area contributed by atoms with Crippen LogP contribution in [0.25, 0.3) is 0 Å². The molecule has 2 rings (SSSR count). The van der Waals surface area contributed by atoms with Crippen LogP contribution in [0.5, 0.6) is 0 Å². The second kappa shape index (κ2) is 6.73. The van der Waals surface area contributed by atoms with Gasteiger partial charge in [-0.1, -0.05) is 18.2 Å². The van der Waals surface area contributed by atoms with Crippen LogP contribution in [0.4, 0.5) is 5.69 Å². The molecule has 0 saturated carbocycles. The van der Waals surface area contributed by atoms with E-state index in [1.54, 1.807) is 0 Å². The smallest absolute Gasteiger partial charge is 0.252 e. The van der Waals surface area contributed by atoms with Crippen molar-refractivity contribution in [3.8, 4) is 0 Å². The average molecular weight is 339 g/mol. The van der Waals surface area contributed by atoms with Gasteiger partial charge in [-0.05, 0) is 34.1 Å². The summed E-state index contributed by atoms with van der Waals surface area (Å²) in [4.78, 5) is 13.9. The average Bonchev–Trinajstić information content (AvgIpc) is 2.86. The third-order valence-corrected chi connectivity index (χ3v) is 4.26. The summed E-state index contributed by atoms with van der Waals surface area (Å²) < 4.78 is 0.971. The maximum Gasteiger partial charge on any atom is 0.252 e. The molecule has 1 N–H and O–H groups in total. The fourth-order valence-electron chi connectivity index (χ4n) is 1.68. The lowest BCUT2D eigenvalue weighted by molar-refractivity contribution is 0.0955. The molecule has 0 aliphatic heterocycles. The van der Waals surface area contributed by atoms with Gasteiger partial charge in [0.1, 0.15) is 0 Å². The summed E-state index contributed by atoms with van der Waals surface area (Å²) in [6, 6.07) is 11.9. The van der Waals surface area contributed by atoms with Gasteiger partial charge in [0.2, 0.25) is 0 Å². The number of benzene rings is 1. The zero-order chi connectivity index (χ0) is 13.7. The number of para-hydroxylation sites is 1. The van der Waals surface area contributed by atoms with Gasteiger partial charge in [0.25, 0.3) is 5.91 Å². The normalized spacial score (nSPS) is 10.2. The summed E-state index contributed by atoms with van der Waals surface area (Å²) in [6.45, 7) is 1.40. The quantitative estimate of drug-likeness (QED) is 0.906. The van der Waals surface area contributed by atoms with Crippen molar-refractivity contribution in [2.75, 3.05) is 25.0 Å². The van der Waals surface area contributed by atoms with Crippen LogP contribution in [0.15, 0.2) is 45.6 Å². The maximum absolute atomic E-state index is 11.8. The highest BCUT2D eigenvalue weighted by Gasteiger charge is 2.07. The van der Waals surface area contributed by atoms with E-state index in [-0.39, 0.29) is 5.91 Å². The Bertz CT molecular complexity index is 541. The van der Waals surface area contributed by atoms with Gasteiger partial charge in [-0.2, -0.15) is 0 Å². The minimum Gasteiger partial charge on any atom is -0.373 e. The minimum atomic E-state index is -0.0246. The molecular formula is C14H15BrN2OS. The van der Waals surface area contributed by atoms with Gasteiger partial charge in [0.05, 0.1) is 9.35 Å². The lowest BCUT2D eigenvalue weighted by Gasteiger charge is -2.19. The lowest BCUT2D eigenvalue weighted by atomic mass is 10.3. The molecule has 0 aliphatic rings. The molecule has 100 valence electrons. The molecule has 0 spiro atoms. The number of nitrogens with zero attached hydrogens (tertiary/aromatic N) is 1. The van der Waals surface area contributed by atoms with Gasteiger partial charge in [-0.3, -0.25) is 4.79 Å². The molecule has 0 radical (unpaired) electrons. The summed E-state index contributed by atoms with van der Waals surface area (Å²) in [6.07, 6.45) is 0. The third kappa shape index (κ3) is 4.08. The summed E-state index contributed by atoms with van der Waals surface area (Å²) >= 11 is 4.87. The molecule has 0 aliphatic carbocycles. The Kier molecular flexibility index (Phi) is 4.99. The first-order valence-corrected chi connectivity index (χ1v) is 7.62. The fourth-order valence-corrected chi connectivity index (χ4v) is 2.82. The largest absolute Gasteiger partial charge is 0.373 e. The third-order valence-electron chi connectivity index (χ3n) is 2.76. The number of carbonyl (C=O) groups excluding carboxylic acids is 1. The number of rotatable bonds is 5. The predicted molar refractivity (Wildman–Crippen MR) is 84.1 cm³/mol. The molecule has 0 bridgehead atoms. The van der Waals surface area contributed by atoms with Gasteiger partial charge in [-0.25, -0.2) is 0 Å². The zero-order valence-corrected chi connectivity index (χ0v) is 13.0. The first-order valence-electron chi connectivity index (χ1n) is 5.95. The van der Waals surface area contributed by atoms with E-state index in [4.69, 9.17) is 0 Å². The maximum atomic E-state index is 11.8. The van der Waals surface area contributed by atoms with Gasteiger partial charge < -0.3 is 10.2 Å². The highest BCUT2D eigenvalue weighted by atomic mass is 79.9. The van der Waals surface area contributed by atoms with Crippen molar-refractivity contribution in [1.82, 2.24) is 5.32 Å². The van der Waals surface area contributed by atoms with Crippen LogP contribution in [0.3, 0.4) is 0 Å². The van der Waals surface area contributed by atoms with Gasteiger partial charge >= 0.3 is 0 Å². The SMILES string of the molecule is CN(CCNC(=O)c1csc(Br)c1)c1ccccc1. The molecule has 0 saturated heterocycles. The van der Waals surface area contributed by atoms with Crippen LogP contribution in [0.1, 0.15) is 10.4 Å². The fraction of sp³-hybridized carbons (Fsp3) is 0.214. The standard InChI is InChI=1S/C14H15BrN2OS/c1-17(12-5-3-2-4-6-12)8-7-16-14(18)11-9-13(15)19-10-11/h2-6,9-10H,7-8H2,1H3,(H,16,18). The van der Waals surface area contributed by atoms with E-state index >= 15 is 0 Å². The van der Waals surface area contributed by atoms with Crippen LogP contribution < -0.4 is 10.2 Å². The Morgan fingerprint density at radius 2 is 2.11 bits per heavy atom. The summed E-state index contributed by atoms with van der Waals surface area (Å²) in [5.41, 5.74) is 1.86. The van der Waals surface area contributed by atoms with Crippen molar-refractivity contribution in [1.29, 1.82) is 0 Å². The first-order chi connectivity index (χ1) is 9.16. The number of hydrogen-bond acceptors (Lipinski definition) is 3. The molecule has 1 aromatic heterocycles. The van der Waals surface area contributed by atoms with Gasteiger partial charge in [0, 0.05) is 31.2 Å². The Morgan fingerprint density at radius 1 is 1.37 bits per heavy atom. The van der Waals surface area contributed by atoms with E-state index in [0.717, 1.165) is 16.0 Å². The second-order valence-corrected chi connectivity index (χ2v) is 6.44. The van der Waals surface area contributed by atoms with Crippen LogP contribution in [-0.2, 0) is 0 Å². The molecule has 1 heterocycles. The van der Waals surface area contributed by atoms with Gasteiger partial charge in [0.15, 0.2) is 0 Å². The van der Waals surface area contributed by atoms with E-state index in [1.165, 1.54) is 11.3 Å². The van der Waals surface area contributed by atoms with Crippen LogP contribution >= 0.6 is 27.3 Å². The predicted octanol–water partition coefficient (Wildman–Crippen LogP) is 3.38. The molecule has 5 heteroatoms. The van der Waals surface area contributed by atoms with Crippen LogP contribution in [-0.4, -0.2) is 26.0 Å². The Morgan fingerprint density at radius 3 is 2.74 bits per heavy atom. The van der Waals surface area contributed by atoms with Crippen molar-refractivity contribution >= 4 is 38.9 Å². The number of hydrogen-bond donors (Lipinski definition) is 1. The van der Waals surface area contributed by atoms with Crippen molar-refractivity contribution in [2.24, 2.45) is 0 Å². The Balaban J connectivity index is 1.79. The number of carbonyl (C=O) groups is 1. The Hall–Kier alpha value is -1.33. The molecular weight excluding hydrogens is 324 g/mol. The number of likely N-dealkylation sites (N-methyl/N-ethyl adjacent to an activating group) is 1. The van der Waals surface area contributed by atoms with Crippen molar-refractivity contribution in [2.45, 2.75) is 0 Å².